The van der Waals surface area contributed by atoms with Crippen molar-refractivity contribution < 1.29 is 24.2 Å². The van der Waals surface area contributed by atoms with Crippen molar-refractivity contribution in [1.29, 1.82) is 5.26 Å². The number of methoxy groups -OCH3 is 1. The summed E-state index contributed by atoms with van der Waals surface area (Å²) in [4.78, 5) is 31.0. The summed E-state index contributed by atoms with van der Waals surface area (Å²) >= 11 is 6.53. The number of halogens is 1. The van der Waals surface area contributed by atoms with Gasteiger partial charge in [-0.3, -0.25) is 14.6 Å². The third-order valence-corrected chi connectivity index (χ3v) is 7.06. The van der Waals surface area contributed by atoms with Crippen LogP contribution in [0.4, 0.5) is 0 Å². The van der Waals surface area contributed by atoms with Gasteiger partial charge in [0.1, 0.15) is 30.4 Å². The molecule has 212 valence electrons. The lowest BCUT2D eigenvalue weighted by Crippen LogP contribution is -2.52. The van der Waals surface area contributed by atoms with Crippen molar-refractivity contribution in [3.05, 3.63) is 76.0 Å². The van der Waals surface area contributed by atoms with Gasteiger partial charge in [0, 0.05) is 46.6 Å². The van der Waals surface area contributed by atoms with E-state index in [1.807, 2.05) is 19.9 Å². The normalized spacial score (nSPS) is 17.9. The SMILES string of the molecule is COC(=O)C1C(C)=NC(C)=C(C(=O)NCC(C)(C)NCC(O)COc2ccccc2C#N)C1c1ccccc1Cl. The molecule has 0 spiro atoms. The number of esters is 1. The number of aliphatic hydroxyl groups excluding tert-OH is 1. The Morgan fingerprint density at radius 3 is 2.52 bits per heavy atom. The van der Waals surface area contributed by atoms with Crippen molar-refractivity contribution in [3.63, 3.8) is 0 Å². The van der Waals surface area contributed by atoms with Gasteiger partial charge in [0.25, 0.3) is 0 Å². The van der Waals surface area contributed by atoms with Crippen LogP contribution in [0.15, 0.2) is 64.8 Å². The van der Waals surface area contributed by atoms with Crippen molar-refractivity contribution >= 4 is 29.2 Å². The third kappa shape index (κ3) is 7.48. The quantitative estimate of drug-likeness (QED) is 0.353. The fraction of sp³-hybridized carbons (Fsp3) is 0.400. The molecule has 3 atom stereocenters. The maximum atomic E-state index is 13.6. The van der Waals surface area contributed by atoms with Gasteiger partial charge in [-0.1, -0.05) is 41.9 Å². The van der Waals surface area contributed by atoms with Gasteiger partial charge in [0.15, 0.2) is 0 Å². The number of carbonyl (C=O) groups is 2. The Morgan fingerprint density at radius 1 is 1.18 bits per heavy atom. The first-order valence-corrected chi connectivity index (χ1v) is 13.3. The number of nitriles is 1. The van der Waals surface area contributed by atoms with Crippen molar-refractivity contribution in [2.45, 2.75) is 45.3 Å². The highest BCUT2D eigenvalue weighted by Gasteiger charge is 2.42. The number of hydrogen-bond donors (Lipinski definition) is 3. The molecule has 3 unspecified atom stereocenters. The zero-order chi connectivity index (χ0) is 29.4. The van der Waals surface area contributed by atoms with Gasteiger partial charge in [-0.2, -0.15) is 5.26 Å². The Kier molecular flexibility index (Phi) is 10.5. The highest BCUT2D eigenvalue weighted by molar-refractivity contribution is 6.31. The maximum Gasteiger partial charge on any atom is 0.315 e. The molecule has 1 aliphatic heterocycles. The number of carbonyl (C=O) groups excluding carboxylic acids is 2. The lowest BCUT2D eigenvalue weighted by molar-refractivity contribution is -0.143. The Hall–Kier alpha value is -3.71. The molecular formula is C30H35ClN4O5. The average molecular weight is 567 g/mol. The van der Waals surface area contributed by atoms with E-state index in [0.29, 0.717) is 38.9 Å². The highest BCUT2D eigenvalue weighted by Crippen LogP contribution is 2.42. The zero-order valence-corrected chi connectivity index (χ0v) is 24.1. The first-order chi connectivity index (χ1) is 19.0. The summed E-state index contributed by atoms with van der Waals surface area (Å²) in [6.45, 7) is 7.65. The minimum Gasteiger partial charge on any atom is -0.489 e. The molecule has 9 nitrogen and oxygen atoms in total. The number of β-amino-alcohol motifs (C(OH)–C–C–N with tert-alkyl or cyclic N) is 1. The number of para-hydroxylation sites is 1. The molecule has 2 aromatic rings. The molecule has 40 heavy (non-hydrogen) atoms. The second-order valence-electron chi connectivity index (χ2n) is 10.3. The van der Waals surface area contributed by atoms with E-state index in [1.54, 1.807) is 56.3 Å². The molecule has 0 radical (unpaired) electrons. The van der Waals surface area contributed by atoms with Crippen molar-refractivity contribution in [2.24, 2.45) is 10.9 Å². The Balaban J connectivity index is 1.69. The summed E-state index contributed by atoms with van der Waals surface area (Å²) in [5.41, 5.74) is 1.80. The molecule has 1 aliphatic rings. The maximum absolute atomic E-state index is 13.6. The number of nitrogens with one attached hydrogen (secondary N) is 2. The molecule has 0 aliphatic carbocycles. The van der Waals surface area contributed by atoms with E-state index in [9.17, 15) is 20.0 Å². The number of aliphatic hydroxyl groups is 1. The summed E-state index contributed by atoms with van der Waals surface area (Å²) in [6.07, 6.45) is -0.854. The summed E-state index contributed by atoms with van der Waals surface area (Å²) in [7, 11) is 1.31. The van der Waals surface area contributed by atoms with Gasteiger partial charge in [-0.15, -0.1) is 0 Å². The van der Waals surface area contributed by atoms with Gasteiger partial charge < -0.3 is 25.2 Å². The van der Waals surface area contributed by atoms with Crippen LogP contribution in [0, 0.1) is 17.2 Å². The van der Waals surface area contributed by atoms with Gasteiger partial charge in [-0.25, -0.2) is 0 Å². The summed E-state index contributed by atoms with van der Waals surface area (Å²) < 4.78 is 10.7. The van der Waals surface area contributed by atoms with Crippen LogP contribution in [0.3, 0.4) is 0 Å². The smallest absolute Gasteiger partial charge is 0.315 e. The van der Waals surface area contributed by atoms with Crippen LogP contribution in [0.25, 0.3) is 0 Å². The van der Waals surface area contributed by atoms with E-state index in [-0.39, 0.29) is 25.6 Å². The monoisotopic (exact) mass is 566 g/mol. The van der Waals surface area contributed by atoms with E-state index in [1.165, 1.54) is 7.11 Å². The number of amides is 1. The summed E-state index contributed by atoms with van der Waals surface area (Å²) in [6, 6.07) is 16.0. The van der Waals surface area contributed by atoms with E-state index in [0.717, 1.165) is 0 Å². The number of rotatable bonds is 11. The zero-order valence-electron chi connectivity index (χ0n) is 23.3. The molecule has 0 fully saturated rings. The predicted octanol–water partition coefficient (Wildman–Crippen LogP) is 3.76. The minimum absolute atomic E-state index is 0.00794. The fourth-order valence-electron chi connectivity index (χ4n) is 4.61. The molecule has 0 saturated carbocycles. The topological polar surface area (TPSA) is 133 Å². The van der Waals surface area contributed by atoms with Crippen molar-refractivity contribution in [1.82, 2.24) is 10.6 Å². The second-order valence-corrected chi connectivity index (χ2v) is 10.7. The van der Waals surface area contributed by atoms with E-state index in [4.69, 9.17) is 21.1 Å². The molecule has 1 heterocycles. The fourth-order valence-corrected chi connectivity index (χ4v) is 4.86. The molecule has 1 amide bonds. The van der Waals surface area contributed by atoms with Crippen LogP contribution in [-0.2, 0) is 14.3 Å². The van der Waals surface area contributed by atoms with Gasteiger partial charge in [-0.05, 0) is 51.5 Å². The summed E-state index contributed by atoms with van der Waals surface area (Å²) in [5.74, 6) is -1.95. The standard InChI is InChI=1S/C30H35ClN4O5/c1-18-25(27(22-11-7-8-12-23(22)31)26(19(2)35-18)29(38)39-5)28(37)33-17-30(3,4)34-15-21(36)16-40-24-13-9-6-10-20(24)14-32/h6-13,21,26-27,34,36H,15-17H2,1-5H3,(H,33,37). The number of hydrogen-bond acceptors (Lipinski definition) is 8. The lowest BCUT2D eigenvalue weighted by Gasteiger charge is -2.33. The second kappa shape index (κ2) is 13.6. The van der Waals surface area contributed by atoms with Gasteiger partial charge in [0.2, 0.25) is 5.91 Å². The number of nitrogens with zero attached hydrogens (tertiary/aromatic N) is 2. The highest BCUT2D eigenvalue weighted by atomic mass is 35.5. The van der Waals surface area contributed by atoms with Crippen LogP contribution in [-0.4, -0.2) is 61.1 Å². The number of allylic oxidation sites excluding steroid dienone is 1. The van der Waals surface area contributed by atoms with E-state index < -0.39 is 29.4 Å². The lowest BCUT2D eigenvalue weighted by atomic mass is 9.75. The third-order valence-electron chi connectivity index (χ3n) is 6.71. The Morgan fingerprint density at radius 2 is 1.85 bits per heavy atom. The van der Waals surface area contributed by atoms with Crippen molar-refractivity contribution in [3.8, 4) is 11.8 Å². The van der Waals surface area contributed by atoms with Crippen LogP contribution >= 0.6 is 11.6 Å². The molecule has 0 aromatic heterocycles. The minimum atomic E-state index is -0.854. The van der Waals surface area contributed by atoms with Crippen molar-refractivity contribution in [2.75, 3.05) is 26.8 Å². The average Bonchev–Trinajstić information content (AvgIpc) is 2.93. The number of benzene rings is 2. The number of aliphatic imine (C=N–C) groups is 1. The molecule has 0 bridgehead atoms. The van der Waals surface area contributed by atoms with E-state index in [2.05, 4.69) is 21.7 Å². The Bertz CT molecular complexity index is 1350. The van der Waals surface area contributed by atoms with E-state index >= 15 is 0 Å². The molecule has 3 rings (SSSR count). The largest absolute Gasteiger partial charge is 0.489 e. The first-order valence-electron chi connectivity index (χ1n) is 12.9. The first kappa shape index (κ1) is 30.8. The van der Waals surface area contributed by atoms with Gasteiger partial charge in [0.05, 0.1) is 12.7 Å². The van der Waals surface area contributed by atoms with Gasteiger partial charge >= 0.3 is 5.97 Å². The van der Waals surface area contributed by atoms with Crippen LogP contribution < -0.4 is 15.4 Å². The molecule has 3 N–H and O–H groups in total. The molecule has 2 aromatic carbocycles. The molecule has 0 saturated heterocycles. The Labute approximate surface area is 239 Å². The predicted molar refractivity (Wildman–Crippen MR) is 153 cm³/mol. The summed E-state index contributed by atoms with van der Waals surface area (Å²) in [5, 5.41) is 26.3. The molecular weight excluding hydrogens is 532 g/mol. The van der Waals surface area contributed by atoms with Crippen LogP contribution in [0.5, 0.6) is 5.75 Å². The van der Waals surface area contributed by atoms with Crippen LogP contribution in [0.2, 0.25) is 5.02 Å². The van der Waals surface area contributed by atoms with Crippen LogP contribution in [0.1, 0.15) is 44.7 Å². The number of ether oxygens (including phenoxy) is 2. The molecule has 10 heteroatoms.